The molecule has 6 nitrogen and oxygen atoms in total. The first-order chi connectivity index (χ1) is 18.5. The average Bonchev–Trinajstić information content (AvgIpc) is 2.94. The van der Waals surface area contributed by atoms with Gasteiger partial charge in [0, 0.05) is 11.5 Å². The van der Waals surface area contributed by atoms with Crippen LogP contribution in [-0.4, -0.2) is 30.6 Å². The first-order valence-corrected chi connectivity index (χ1v) is 14.0. The summed E-state index contributed by atoms with van der Waals surface area (Å²) in [7, 11) is 1.56. The van der Waals surface area contributed by atoms with Gasteiger partial charge in [-0.3, -0.25) is 0 Å². The highest BCUT2D eigenvalue weighted by Gasteiger charge is 2.18. The molecule has 1 heterocycles. The van der Waals surface area contributed by atoms with Crippen LogP contribution in [0.2, 0.25) is 0 Å². The molecular weight excluding hydrogens is 478 g/mol. The Balaban J connectivity index is 1.56. The Kier molecular flexibility index (Phi) is 12.1. The molecule has 0 aliphatic carbocycles. The number of rotatable bonds is 16. The standard InChI is InChI=1S/C32H41NO5/c1-4-6-7-8-9-10-11-12-13-14-15-24-16-18-25(19-17-24)31(34)38-30-23-29(32(35)37-5-2)33-28-21-20-26(36-3)22-27(28)30/h16-23H,4-15H2,1-3H3. The molecule has 1 aromatic heterocycles. The fourth-order valence-electron chi connectivity index (χ4n) is 4.48. The van der Waals surface area contributed by atoms with Gasteiger partial charge in [0.05, 0.1) is 24.8 Å². The minimum absolute atomic E-state index is 0.0826. The highest BCUT2D eigenvalue weighted by Crippen LogP contribution is 2.30. The van der Waals surface area contributed by atoms with E-state index in [1.54, 1.807) is 44.4 Å². The maximum Gasteiger partial charge on any atom is 0.357 e. The number of aryl methyl sites for hydroxylation is 1. The Morgan fingerprint density at radius 3 is 2.05 bits per heavy atom. The summed E-state index contributed by atoms with van der Waals surface area (Å²) in [6.45, 7) is 4.21. The van der Waals surface area contributed by atoms with E-state index in [0.717, 1.165) is 12.8 Å². The molecule has 6 heteroatoms. The second-order valence-corrected chi connectivity index (χ2v) is 9.63. The number of hydrogen-bond acceptors (Lipinski definition) is 6. The van der Waals surface area contributed by atoms with Crippen LogP contribution in [0.3, 0.4) is 0 Å². The molecule has 0 unspecified atom stereocenters. The quantitative estimate of drug-likeness (QED) is 0.141. The highest BCUT2D eigenvalue weighted by molar-refractivity contribution is 5.98. The van der Waals surface area contributed by atoms with Crippen LogP contribution in [0.25, 0.3) is 10.9 Å². The number of esters is 2. The summed E-state index contributed by atoms with van der Waals surface area (Å²) in [4.78, 5) is 29.7. The van der Waals surface area contributed by atoms with Gasteiger partial charge in [0.15, 0.2) is 5.69 Å². The van der Waals surface area contributed by atoms with Crippen LogP contribution >= 0.6 is 0 Å². The maximum absolute atomic E-state index is 13.0. The van der Waals surface area contributed by atoms with E-state index >= 15 is 0 Å². The summed E-state index contributed by atoms with van der Waals surface area (Å²) in [5.41, 5.74) is 2.25. The number of carbonyl (C=O) groups is 2. The van der Waals surface area contributed by atoms with Crippen LogP contribution in [0.4, 0.5) is 0 Å². The minimum Gasteiger partial charge on any atom is -0.497 e. The molecule has 0 saturated heterocycles. The molecule has 0 aliphatic heterocycles. The molecule has 204 valence electrons. The van der Waals surface area contributed by atoms with E-state index in [4.69, 9.17) is 14.2 Å². The van der Waals surface area contributed by atoms with Crippen LogP contribution < -0.4 is 9.47 Å². The molecular formula is C32H41NO5. The molecule has 3 rings (SSSR count). The van der Waals surface area contributed by atoms with E-state index < -0.39 is 11.9 Å². The summed E-state index contributed by atoms with van der Waals surface area (Å²) >= 11 is 0. The summed E-state index contributed by atoms with van der Waals surface area (Å²) in [6.07, 6.45) is 14.1. The van der Waals surface area contributed by atoms with Gasteiger partial charge in [-0.15, -0.1) is 0 Å². The third kappa shape index (κ3) is 8.86. The van der Waals surface area contributed by atoms with Gasteiger partial charge in [0.2, 0.25) is 0 Å². The van der Waals surface area contributed by atoms with Crippen LogP contribution in [0.5, 0.6) is 11.5 Å². The summed E-state index contributed by atoms with van der Waals surface area (Å²) in [6, 6.07) is 14.2. The lowest BCUT2D eigenvalue weighted by atomic mass is 10.0. The Hall–Kier alpha value is -3.41. The largest absolute Gasteiger partial charge is 0.497 e. The van der Waals surface area contributed by atoms with Crippen molar-refractivity contribution in [3.8, 4) is 11.5 Å². The third-order valence-electron chi connectivity index (χ3n) is 6.67. The van der Waals surface area contributed by atoms with E-state index in [1.807, 2.05) is 12.1 Å². The van der Waals surface area contributed by atoms with Crippen molar-refractivity contribution in [2.24, 2.45) is 0 Å². The van der Waals surface area contributed by atoms with Crippen LogP contribution in [-0.2, 0) is 11.2 Å². The number of methoxy groups -OCH3 is 1. The van der Waals surface area contributed by atoms with Crippen molar-refractivity contribution in [3.63, 3.8) is 0 Å². The molecule has 3 aromatic rings. The Labute approximate surface area is 226 Å². The number of aromatic nitrogens is 1. The van der Waals surface area contributed by atoms with Crippen molar-refractivity contribution < 1.29 is 23.8 Å². The molecule has 0 bridgehead atoms. The molecule has 0 saturated carbocycles. The second-order valence-electron chi connectivity index (χ2n) is 9.63. The number of unbranched alkanes of at least 4 members (excludes halogenated alkanes) is 9. The van der Waals surface area contributed by atoms with E-state index in [0.29, 0.717) is 22.2 Å². The number of nitrogens with zero attached hydrogens (tertiary/aromatic N) is 1. The zero-order valence-corrected chi connectivity index (χ0v) is 23.1. The van der Waals surface area contributed by atoms with E-state index in [1.165, 1.54) is 69.4 Å². The summed E-state index contributed by atoms with van der Waals surface area (Å²) < 4.78 is 16.2. The highest BCUT2D eigenvalue weighted by atomic mass is 16.5. The molecule has 0 atom stereocenters. The molecule has 0 fully saturated rings. The zero-order chi connectivity index (χ0) is 27.2. The zero-order valence-electron chi connectivity index (χ0n) is 23.1. The van der Waals surface area contributed by atoms with Gasteiger partial charge >= 0.3 is 11.9 Å². The normalized spacial score (nSPS) is 10.9. The Morgan fingerprint density at radius 2 is 1.42 bits per heavy atom. The van der Waals surface area contributed by atoms with Gasteiger partial charge in [0.1, 0.15) is 11.5 Å². The Morgan fingerprint density at radius 1 is 0.763 bits per heavy atom. The summed E-state index contributed by atoms with van der Waals surface area (Å²) in [5.74, 6) is -0.243. The van der Waals surface area contributed by atoms with Gasteiger partial charge in [0.25, 0.3) is 0 Å². The van der Waals surface area contributed by atoms with Crippen LogP contribution in [0, 0.1) is 0 Å². The van der Waals surface area contributed by atoms with Gasteiger partial charge in [-0.25, -0.2) is 14.6 Å². The number of benzene rings is 2. The molecule has 0 aliphatic rings. The monoisotopic (exact) mass is 519 g/mol. The second kappa shape index (κ2) is 15.8. The Bertz CT molecular complexity index is 1170. The first kappa shape index (κ1) is 29.2. The van der Waals surface area contributed by atoms with E-state index in [2.05, 4.69) is 11.9 Å². The maximum atomic E-state index is 13.0. The molecule has 38 heavy (non-hydrogen) atoms. The van der Waals surface area contributed by atoms with Crippen molar-refractivity contribution in [2.45, 2.75) is 84.5 Å². The topological polar surface area (TPSA) is 74.7 Å². The lowest BCUT2D eigenvalue weighted by molar-refractivity contribution is 0.0518. The van der Waals surface area contributed by atoms with Crippen molar-refractivity contribution in [1.82, 2.24) is 4.98 Å². The number of pyridine rings is 1. The summed E-state index contributed by atoms with van der Waals surface area (Å²) in [5, 5.41) is 0.573. The lowest BCUT2D eigenvalue weighted by Crippen LogP contribution is -2.12. The predicted molar refractivity (Wildman–Crippen MR) is 151 cm³/mol. The lowest BCUT2D eigenvalue weighted by Gasteiger charge is -2.11. The number of hydrogen-bond donors (Lipinski definition) is 0. The molecule has 0 radical (unpaired) electrons. The smallest absolute Gasteiger partial charge is 0.357 e. The van der Waals surface area contributed by atoms with Crippen molar-refractivity contribution in [3.05, 3.63) is 65.4 Å². The molecule has 0 amide bonds. The number of fused-ring (bicyclic) bond motifs is 1. The number of ether oxygens (including phenoxy) is 3. The van der Waals surface area contributed by atoms with E-state index in [-0.39, 0.29) is 18.1 Å². The average molecular weight is 520 g/mol. The fraction of sp³-hybridized carbons (Fsp3) is 0.469. The van der Waals surface area contributed by atoms with Gasteiger partial charge in [-0.05, 0) is 55.7 Å². The fourth-order valence-corrected chi connectivity index (χ4v) is 4.48. The van der Waals surface area contributed by atoms with Gasteiger partial charge in [-0.2, -0.15) is 0 Å². The van der Waals surface area contributed by atoms with Gasteiger partial charge in [-0.1, -0.05) is 76.8 Å². The van der Waals surface area contributed by atoms with Crippen molar-refractivity contribution >= 4 is 22.8 Å². The molecule has 0 N–H and O–H groups in total. The van der Waals surface area contributed by atoms with Crippen molar-refractivity contribution in [2.75, 3.05) is 13.7 Å². The number of carbonyl (C=O) groups excluding carboxylic acids is 2. The van der Waals surface area contributed by atoms with Crippen LogP contribution in [0.1, 0.15) is 104 Å². The van der Waals surface area contributed by atoms with Crippen molar-refractivity contribution in [1.29, 1.82) is 0 Å². The predicted octanol–water partition coefficient (Wildman–Crippen LogP) is 8.10. The third-order valence-corrected chi connectivity index (χ3v) is 6.67. The van der Waals surface area contributed by atoms with Crippen LogP contribution in [0.15, 0.2) is 48.5 Å². The van der Waals surface area contributed by atoms with E-state index in [9.17, 15) is 9.59 Å². The van der Waals surface area contributed by atoms with Gasteiger partial charge < -0.3 is 14.2 Å². The SMILES string of the molecule is CCCCCCCCCCCCc1ccc(C(=O)Oc2cc(C(=O)OCC)nc3ccc(OC)cc23)cc1. The first-order valence-electron chi connectivity index (χ1n) is 14.0. The molecule has 0 spiro atoms. The minimum atomic E-state index is -0.571. The molecule has 2 aromatic carbocycles.